The van der Waals surface area contributed by atoms with Crippen LogP contribution in [0.15, 0.2) is 0 Å². The zero-order valence-corrected chi connectivity index (χ0v) is 15.7. The second kappa shape index (κ2) is 8.82. The van der Waals surface area contributed by atoms with Gasteiger partial charge in [-0.1, -0.05) is 27.7 Å². The van der Waals surface area contributed by atoms with Gasteiger partial charge in [0.05, 0.1) is 25.4 Å². The van der Waals surface area contributed by atoms with Gasteiger partial charge in [0, 0.05) is 0 Å². The van der Waals surface area contributed by atoms with Crippen molar-refractivity contribution in [3.63, 3.8) is 0 Å². The Morgan fingerprint density at radius 2 is 1.39 bits per heavy atom. The summed E-state index contributed by atoms with van der Waals surface area (Å²) >= 11 is 0. The van der Waals surface area contributed by atoms with E-state index in [0.717, 1.165) is 37.9 Å². The first-order chi connectivity index (χ1) is 11.1. The van der Waals surface area contributed by atoms with Crippen molar-refractivity contribution >= 4 is 0 Å². The van der Waals surface area contributed by atoms with E-state index in [1.165, 1.54) is 38.5 Å². The van der Waals surface area contributed by atoms with E-state index in [-0.39, 0.29) is 6.10 Å². The van der Waals surface area contributed by atoms with Crippen LogP contribution >= 0.6 is 0 Å². The van der Waals surface area contributed by atoms with Crippen LogP contribution in [0.3, 0.4) is 0 Å². The van der Waals surface area contributed by atoms with Gasteiger partial charge in [0.25, 0.3) is 0 Å². The fourth-order valence-electron chi connectivity index (χ4n) is 4.53. The van der Waals surface area contributed by atoms with Crippen LogP contribution in [0.1, 0.15) is 79.1 Å². The highest BCUT2D eigenvalue weighted by molar-refractivity contribution is 4.90. The minimum atomic E-state index is -0.0363. The standard InChI is InChI=1S/C18H32O3.C2H6/c1-18(2,13-3-7-15(19)8-4-13)14-5-9-16(10-6-14)20-11-17-12-21-17;1-2/h13-17,19H,3-12H2,1-2H3;1-2H3. The number of aliphatic hydroxyl groups excluding tert-OH is 1. The maximum Gasteiger partial charge on any atom is 0.104 e. The molecule has 2 saturated carbocycles. The van der Waals surface area contributed by atoms with Crippen molar-refractivity contribution in [3.05, 3.63) is 0 Å². The van der Waals surface area contributed by atoms with Gasteiger partial charge in [-0.2, -0.15) is 0 Å². The van der Waals surface area contributed by atoms with Crippen LogP contribution in [-0.4, -0.2) is 36.6 Å². The normalized spacial score (nSPS) is 37.7. The summed E-state index contributed by atoms with van der Waals surface area (Å²) < 4.78 is 11.2. The van der Waals surface area contributed by atoms with Crippen LogP contribution in [0, 0.1) is 17.3 Å². The minimum Gasteiger partial charge on any atom is -0.393 e. The lowest BCUT2D eigenvalue weighted by atomic mass is 9.60. The fourth-order valence-corrected chi connectivity index (χ4v) is 4.53. The van der Waals surface area contributed by atoms with Crippen LogP contribution in [0.25, 0.3) is 0 Å². The number of rotatable bonds is 5. The van der Waals surface area contributed by atoms with Crippen molar-refractivity contribution in [2.45, 2.75) is 97.4 Å². The van der Waals surface area contributed by atoms with E-state index in [9.17, 15) is 5.11 Å². The molecule has 0 bridgehead atoms. The van der Waals surface area contributed by atoms with Gasteiger partial charge in [-0.25, -0.2) is 0 Å². The second-order valence-corrected chi connectivity index (χ2v) is 8.09. The molecule has 0 aromatic carbocycles. The summed E-state index contributed by atoms with van der Waals surface area (Å²) in [5.74, 6) is 1.62. The molecule has 1 heterocycles. The predicted octanol–water partition coefficient (Wildman–Crippen LogP) is 4.56. The molecule has 1 unspecified atom stereocenters. The first kappa shape index (κ1) is 19.2. The molecule has 1 atom stereocenters. The topological polar surface area (TPSA) is 42.0 Å². The summed E-state index contributed by atoms with van der Waals surface area (Å²) in [5.41, 5.74) is 0.421. The van der Waals surface area contributed by atoms with Gasteiger partial charge >= 0.3 is 0 Å². The van der Waals surface area contributed by atoms with Crippen molar-refractivity contribution in [1.82, 2.24) is 0 Å². The van der Waals surface area contributed by atoms with Gasteiger partial charge < -0.3 is 14.6 Å². The predicted molar refractivity (Wildman–Crippen MR) is 94.5 cm³/mol. The van der Waals surface area contributed by atoms with E-state index in [4.69, 9.17) is 9.47 Å². The minimum absolute atomic E-state index is 0.0363. The van der Waals surface area contributed by atoms with Gasteiger partial charge in [0.15, 0.2) is 0 Å². The monoisotopic (exact) mass is 326 g/mol. The molecule has 23 heavy (non-hydrogen) atoms. The lowest BCUT2D eigenvalue weighted by Gasteiger charge is -2.46. The highest BCUT2D eigenvalue weighted by atomic mass is 16.6. The molecule has 3 heteroatoms. The first-order valence-corrected chi connectivity index (χ1v) is 9.97. The third kappa shape index (κ3) is 5.44. The zero-order chi connectivity index (χ0) is 16.9. The van der Waals surface area contributed by atoms with E-state index >= 15 is 0 Å². The Morgan fingerprint density at radius 1 is 0.913 bits per heavy atom. The van der Waals surface area contributed by atoms with E-state index in [1.807, 2.05) is 13.8 Å². The van der Waals surface area contributed by atoms with Gasteiger partial charge in [0.1, 0.15) is 6.10 Å². The van der Waals surface area contributed by atoms with Gasteiger partial charge in [-0.3, -0.25) is 0 Å². The van der Waals surface area contributed by atoms with E-state index in [1.54, 1.807) is 0 Å². The third-order valence-electron chi connectivity index (χ3n) is 6.40. The van der Waals surface area contributed by atoms with Gasteiger partial charge in [-0.05, 0) is 68.6 Å². The van der Waals surface area contributed by atoms with E-state index in [2.05, 4.69) is 13.8 Å². The molecule has 2 aliphatic carbocycles. The van der Waals surface area contributed by atoms with Crippen LogP contribution in [0.5, 0.6) is 0 Å². The largest absolute Gasteiger partial charge is 0.393 e. The Labute approximate surface area is 143 Å². The summed E-state index contributed by atoms with van der Waals surface area (Å²) in [5, 5.41) is 9.72. The van der Waals surface area contributed by atoms with Crippen molar-refractivity contribution < 1.29 is 14.6 Å². The molecule has 3 rings (SSSR count). The van der Waals surface area contributed by atoms with Crippen LogP contribution in [0.2, 0.25) is 0 Å². The zero-order valence-electron chi connectivity index (χ0n) is 15.7. The Morgan fingerprint density at radius 3 is 1.87 bits per heavy atom. The lowest BCUT2D eigenvalue weighted by molar-refractivity contribution is -0.0265. The molecule has 0 aromatic rings. The first-order valence-electron chi connectivity index (χ1n) is 9.97. The van der Waals surface area contributed by atoms with Crippen LogP contribution in [0.4, 0.5) is 0 Å². The number of epoxide rings is 1. The highest BCUT2D eigenvalue weighted by Gasteiger charge is 2.40. The quantitative estimate of drug-likeness (QED) is 0.753. The molecule has 0 amide bonds. The Balaban J connectivity index is 0.000000924. The highest BCUT2D eigenvalue weighted by Crippen LogP contribution is 2.48. The van der Waals surface area contributed by atoms with Crippen LogP contribution < -0.4 is 0 Å². The molecule has 0 radical (unpaired) electrons. The third-order valence-corrected chi connectivity index (χ3v) is 6.40. The summed E-state index contributed by atoms with van der Waals surface area (Å²) in [7, 11) is 0. The van der Waals surface area contributed by atoms with Crippen molar-refractivity contribution in [3.8, 4) is 0 Å². The summed E-state index contributed by atoms with van der Waals surface area (Å²) in [6.07, 6.45) is 10.3. The maximum absolute atomic E-state index is 9.72. The van der Waals surface area contributed by atoms with Crippen LogP contribution in [-0.2, 0) is 9.47 Å². The maximum atomic E-state index is 9.72. The number of aliphatic hydroxyl groups is 1. The van der Waals surface area contributed by atoms with Gasteiger partial charge in [0.2, 0.25) is 0 Å². The Kier molecular flexibility index (Phi) is 7.37. The van der Waals surface area contributed by atoms with E-state index < -0.39 is 0 Å². The number of ether oxygens (including phenoxy) is 2. The summed E-state index contributed by atoms with van der Waals surface area (Å²) in [4.78, 5) is 0. The summed E-state index contributed by atoms with van der Waals surface area (Å²) in [6.45, 7) is 10.6. The Hall–Kier alpha value is -0.120. The SMILES string of the molecule is CC.CC(C)(C1CCC(O)CC1)C1CCC(OCC2CO2)CC1. The Bertz CT molecular complexity index is 322. The van der Waals surface area contributed by atoms with Crippen molar-refractivity contribution in [1.29, 1.82) is 0 Å². The molecule has 3 nitrogen and oxygen atoms in total. The molecular weight excluding hydrogens is 288 g/mol. The van der Waals surface area contributed by atoms with Crippen molar-refractivity contribution in [2.24, 2.45) is 17.3 Å². The molecule has 1 saturated heterocycles. The number of hydrogen-bond donors (Lipinski definition) is 1. The molecule has 3 aliphatic rings. The second-order valence-electron chi connectivity index (χ2n) is 8.09. The van der Waals surface area contributed by atoms with Crippen molar-refractivity contribution in [2.75, 3.05) is 13.2 Å². The lowest BCUT2D eigenvalue weighted by Crippen LogP contribution is -2.38. The molecule has 136 valence electrons. The molecule has 1 aliphatic heterocycles. The molecule has 0 spiro atoms. The summed E-state index contributed by atoms with van der Waals surface area (Å²) in [6, 6.07) is 0. The molecule has 3 fully saturated rings. The average Bonchev–Trinajstić information content (AvgIpc) is 3.40. The number of hydrogen-bond acceptors (Lipinski definition) is 3. The average molecular weight is 327 g/mol. The molecule has 0 aromatic heterocycles. The van der Waals surface area contributed by atoms with Gasteiger partial charge in [-0.15, -0.1) is 0 Å². The smallest absolute Gasteiger partial charge is 0.104 e. The van der Waals surface area contributed by atoms with E-state index in [0.29, 0.717) is 17.6 Å². The molecule has 1 N–H and O–H groups in total. The molecular formula is C20H38O3. The fraction of sp³-hybridized carbons (Fsp3) is 1.00.